The molecule has 3 aromatic carbocycles. The summed E-state index contributed by atoms with van der Waals surface area (Å²) in [6, 6.07) is 18.6. The number of hydrogen-bond acceptors (Lipinski definition) is 5. The molecular weight excluding hydrogens is 587 g/mol. The summed E-state index contributed by atoms with van der Waals surface area (Å²) in [7, 11) is 1.59. The molecule has 0 fully saturated rings. The predicted octanol–water partition coefficient (Wildman–Crippen LogP) is 5.80. The Bertz CT molecular complexity index is 1090. The van der Waals surface area contributed by atoms with Crippen LogP contribution in [0.25, 0.3) is 0 Å². The van der Waals surface area contributed by atoms with Crippen LogP contribution in [0.3, 0.4) is 0 Å². The first-order valence-corrected chi connectivity index (χ1v) is 11.7. The molecule has 166 valence electrons. The van der Waals surface area contributed by atoms with E-state index in [9.17, 15) is 4.79 Å². The zero-order valence-corrected chi connectivity index (χ0v) is 21.3. The summed E-state index contributed by atoms with van der Waals surface area (Å²) in [5.41, 5.74) is 4.85. The molecule has 3 rings (SSSR count). The van der Waals surface area contributed by atoms with E-state index in [0.29, 0.717) is 30.3 Å². The summed E-state index contributed by atoms with van der Waals surface area (Å²) in [5.74, 6) is 1.66. The molecule has 3 aromatic rings. The van der Waals surface area contributed by atoms with E-state index in [1.165, 1.54) is 0 Å². The van der Waals surface area contributed by atoms with Gasteiger partial charge in [0.05, 0.1) is 23.5 Å². The number of methoxy groups -OCH3 is 1. The van der Waals surface area contributed by atoms with E-state index in [2.05, 4.69) is 49.0 Å². The lowest BCUT2D eigenvalue weighted by Gasteiger charge is -2.13. The third kappa shape index (κ3) is 6.70. The minimum absolute atomic E-state index is 0.305. The molecule has 0 saturated heterocycles. The van der Waals surface area contributed by atoms with Gasteiger partial charge in [-0.1, -0.05) is 28.1 Å². The Kier molecular flexibility index (Phi) is 8.92. The Morgan fingerprint density at radius 2 is 1.81 bits per heavy atom. The van der Waals surface area contributed by atoms with Crippen molar-refractivity contribution in [2.45, 2.75) is 13.5 Å². The smallest absolute Gasteiger partial charge is 0.271 e. The fourth-order valence-electron chi connectivity index (χ4n) is 2.79. The minimum Gasteiger partial charge on any atom is -0.494 e. The Morgan fingerprint density at radius 1 is 1.09 bits per heavy atom. The highest BCUT2D eigenvalue weighted by Gasteiger charge is 2.12. The molecule has 0 aliphatic carbocycles. The fraction of sp³-hybridized carbons (Fsp3) is 0.167. The highest BCUT2D eigenvalue weighted by atomic mass is 127. The van der Waals surface area contributed by atoms with Crippen LogP contribution in [0.5, 0.6) is 17.2 Å². The maximum atomic E-state index is 12.3. The van der Waals surface area contributed by atoms with Crippen molar-refractivity contribution in [2.24, 2.45) is 5.10 Å². The Hall–Kier alpha value is -2.59. The number of rotatable bonds is 9. The molecule has 0 radical (unpaired) electrons. The van der Waals surface area contributed by atoms with E-state index in [4.69, 9.17) is 14.2 Å². The lowest BCUT2D eigenvalue weighted by molar-refractivity contribution is 0.0955. The van der Waals surface area contributed by atoms with Crippen LogP contribution < -0.4 is 19.6 Å². The number of nitrogens with zero attached hydrogens (tertiary/aromatic N) is 1. The monoisotopic (exact) mass is 608 g/mol. The van der Waals surface area contributed by atoms with E-state index in [0.717, 1.165) is 24.9 Å². The average Bonchev–Trinajstić information content (AvgIpc) is 2.80. The van der Waals surface area contributed by atoms with E-state index < -0.39 is 0 Å². The lowest BCUT2D eigenvalue weighted by atomic mass is 10.2. The number of hydrogen-bond donors (Lipinski definition) is 1. The molecule has 8 heteroatoms. The lowest BCUT2D eigenvalue weighted by Crippen LogP contribution is -2.17. The van der Waals surface area contributed by atoms with Gasteiger partial charge in [-0.25, -0.2) is 5.43 Å². The van der Waals surface area contributed by atoms with Gasteiger partial charge in [-0.2, -0.15) is 5.10 Å². The summed E-state index contributed by atoms with van der Waals surface area (Å²) in [6.07, 6.45) is 1.57. The van der Waals surface area contributed by atoms with Gasteiger partial charge in [-0.05, 0) is 89.2 Å². The van der Waals surface area contributed by atoms with Crippen LogP contribution >= 0.6 is 38.5 Å². The molecule has 0 unspecified atom stereocenters. The molecule has 6 nitrogen and oxygen atoms in total. The van der Waals surface area contributed by atoms with Gasteiger partial charge in [-0.3, -0.25) is 4.79 Å². The molecule has 0 aliphatic rings. The quantitative estimate of drug-likeness (QED) is 0.189. The second-order valence-electron chi connectivity index (χ2n) is 6.61. The Labute approximate surface area is 209 Å². The summed E-state index contributed by atoms with van der Waals surface area (Å²) in [4.78, 5) is 12.3. The first-order valence-electron chi connectivity index (χ1n) is 9.81. The summed E-state index contributed by atoms with van der Waals surface area (Å²) in [6.45, 7) is 2.91. The van der Waals surface area contributed by atoms with E-state index in [1.54, 1.807) is 37.6 Å². The summed E-state index contributed by atoms with van der Waals surface area (Å²) < 4.78 is 18.8. The third-order valence-electron chi connectivity index (χ3n) is 4.36. The van der Waals surface area contributed by atoms with Crippen molar-refractivity contribution in [2.75, 3.05) is 13.7 Å². The van der Waals surface area contributed by atoms with Crippen molar-refractivity contribution >= 4 is 50.6 Å². The molecule has 0 bridgehead atoms. The Balaban J connectivity index is 1.64. The first-order chi connectivity index (χ1) is 15.5. The van der Waals surface area contributed by atoms with Crippen LogP contribution in [-0.4, -0.2) is 25.8 Å². The van der Waals surface area contributed by atoms with Gasteiger partial charge >= 0.3 is 0 Å². The van der Waals surface area contributed by atoms with E-state index in [-0.39, 0.29) is 5.91 Å². The van der Waals surface area contributed by atoms with E-state index in [1.807, 2.05) is 43.3 Å². The zero-order chi connectivity index (χ0) is 22.9. The first kappa shape index (κ1) is 24.1. The van der Waals surface area contributed by atoms with Crippen LogP contribution in [-0.2, 0) is 6.61 Å². The second kappa shape index (κ2) is 11.9. The number of nitrogens with one attached hydrogen (secondary N) is 1. The molecule has 0 spiro atoms. The summed E-state index contributed by atoms with van der Waals surface area (Å²) in [5, 5.41) is 4.06. The van der Waals surface area contributed by atoms with Crippen molar-refractivity contribution in [3.05, 3.63) is 85.4 Å². The van der Waals surface area contributed by atoms with Gasteiger partial charge in [0.2, 0.25) is 0 Å². The van der Waals surface area contributed by atoms with Crippen LogP contribution in [0.1, 0.15) is 28.4 Å². The van der Waals surface area contributed by atoms with Crippen molar-refractivity contribution in [1.82, 2.24) is 5.43 Å². The Morgan fingerprint density at radius 3 is 2.47 bits per heavy atom. The van der Waals surface area contributed by atoms with Crippen LogP contribution in [0, 0.1) is 3.57 Å². The number of hydrazone groups is 1. The molecule has 1 amide bonds. The maximum absolute atomic E-state index is 12.3. The topological polar surface area (TPSA) is 69.2 Å². The van der Waals surface area contributed by atoms with Gasteiger partial charge in [0.1, 0.15) is 12.4 Å². The molecule has 0 aliphatic heterocycles. The third-order valence-corrected chi connectivity index (χ3v) is 5.69. The van der Waals surface area contributed by atoms with Gasteiger partial charge in [0.25, 0.3) is 5.91 Å². The molecule has 0 aromatic heterocycles. The van der Waals surface area contributed by atoms with Crippen molar-refractivity contribution in [3.63, 3.8) is 0 Å². The molecular formula is C24H22BrIN2O4. The van der Waals surface area contributed by atoms with Gasteiger partial charge in [0.15, 0.2) is 11.5 Å². The number of benzene rings is 3. The largest absolute Gasteiger partial charge is 0.494 e. The number of ether oxygens (including phenoxy) is 3. The fourth-order valence-corrected chi connectivity index (χ4v) is 3.84. The van der Waals surface area contributed by atoms with E-state index >= 15 is 0 Å². The number of amides is 1. The minimum atomic E-state index is -0.305. The van der Waals surface area contributed by atoms with Crippen LogP contribution in [0.4, 0.5) is 0 Å². The molecule has 0 saturated carbocycles. The highest BCUT2D eigenvalue weighted by molar-refractivity contribution is 14.1. The van der Waals surface area contributed by atoms with Gasteiger partial charge in [-0.15, -0.1) is 0 Å². The molecule has 32 heavy (non-hydrogen) atoms. The molecule has 1 N–H and O–H groups in total. The van der Waals surface area contributed by atoms with Crippen molar-refractivity contribution in [3.8, 4) is 17.2 Å². The standard InChI is InChI=1S/C24H22BrIN2O4/c1-3-31-20-10-6-18(7-11-20)24(29)28-27-14-17-12-21(26)23(22(13-17)30-2)32-15-16-4-8-19(25)9-5-16/h4-14H,3,15H2,1-2H3,(H,28,29)/b27-14+. The molecule has 0 heterocycles. The predicted molar refractivity (Wildman–Crippen MR) is 137 cm³/mol. The summed E-state index contributed by atoms with van der Waals surface area (Å²) >= 11 is 5.62. The average molecular weight is 609 g/mol. The van der Waals surface area contributed by atoms with Gasteiger partial charge < -0.3 is 14.2 Å². The zero-order valence-electron chi connectivity index (χ0n) is 17.6. The van der Waals surface area contributed by atoms with Crippen molar-refractivity contribution < 1.29 is 19.0 Å². The number of carbonyl (C=O) groups is 1. The van der Waals surface area contributed by atoms with Crippen molar-refractivity contribution in [1.29, 1.82) is 0 Å². The van der Waals surface area contributed by atoms with Gasteiger partial charge in [0, 0.05) is 10.0 Å². The second-order valence-corrected chi connectivity index (χ2v) is 8.68. The number of halogens is 2. The van der Waals surface area contributed by atoms with Crippen LogP contribution in [0.15, 0.2) is 70.2 Å². The normalized spacial score (nSPS) is 10.8. The highest BCUT2D eigenvalue weighted by Crippen LogP contribution is 2.34. The molecule has 0 atom stereocenters. The maximum Gasteiger partial charge on any atom is 0.271 e. The number of carbonyl (C=O) groups excluding carboxylic acids is 1. The SMILES string of the molecule is CCOc1ccc(C(=O)N/N=C/c2cc(I)c(OCc3ccc(Br)cc3)c(OC)c2)cc1. The van der Waals surface area contributed by atoms with Crippen LogP contribution in [0.2, 0.25) is 0 Å².